The molecule has 0 radical (unpaired) electrons. The number of likely N-dealkylation sites (tertiary alicyclic amines) is 1. The monoisotopic (exact) mass is 453 g/mol. The number of benzene rings is 1. The zero-order valence-corrected chi connectivity index (χ0v) is 18.9. The van der Waals surface area contributed by atoms with Crippen molar-refractivity contribution >= 4 is 36.3 Å². The third-order valence-electron chi connectivity index (χ3n) is 4.87. The van der Waals surface area contributed by atoms with Crippen LogP contribution in [0.3, 0.4) is 0 Å². The lowest BCUT2D eigenvalue weighted by atomic mass is 10.1. The van der Waals surface area contributed by atoms with E-state index >= 15 is 0 Å². The maximum absolute atomic E-state index is 12.9. The molecule has 1 fully saturated rings. The summed E-state index contributed by atoms with van der Waals surface area (Å²) in [6.07, 6.45) is 6.41. The summed E-state index contributed by atoms with van der Waals surface area (Å²) < 4.78 is 6.05. The van der Waals surface area contributed by atoms with E-state index in [4.69, 9.17) is 10.5 Å². The number of hydrogen-bond donors (Lipinski definition) is 4. The summed E-state index contributed by atoms with van der Waals surface area (Å²) in [5.74, 6) is 0.652. The first-order valence-corrected chi connectivity index (χ1v) is 12.0. The minimum Gasteiger partial charge on any atom is -0.489 e. The Balaban J connectivity index is 2.07. The molecule has 7 nitrogen and oxygen atoms in total. The number of nitrogens with zero attached hydrogens (tertiary/aromatic N) is 1. The second-order valence-corrected chi connectivity index (χ2v) is 8.56. The molecule has 1 saturated heterocycles. The molecule has 9 heteroatoms. The number of para-hydroxylation sites is 1. The molecule has 1 aromatic rings. The third kappa shape index (κ3) is 7.86. The van der Waals surface area contributed by atoms with Gasteiger partial charge in [0.15, 0.2) is 0 Å². The van der Waals surface area contributed by atoms with Crippen molar-refractivity contribution < 1.29 is 19.4 Å². The Hall–Kier alpha value is -1.68. The Morgan fingerprint density at radius 3 is 2.80 bits per heavy atom. The van der Waals surface area contributed by atoms with Gasteiger partial charge in [0.25, 0.3) is 0 Å². The summed E-state index contributed by atoms with van der Waals surface area (Å²) in [6.45, 7) is 1.09. The number of thiol groups is 1. The van der Waals surface area contributed by atoms with Gasteiger partial charge in [-0.1, -0.05) is 30.4 Å². The first kappa shape index (κ1) is 24.6. The van der Waals surface area contributed by atoms with Gasteiger partial charge in [-0.15, -0.1) is 0 Å². The average molecular weight is 454 g/mol. The summed E-state index contributed by atoms with van der Waals surface area (Å²) in [6, 6.07) is 7.97. The highest BCUT2D eigenvalue weighted by Gasteiger charge is 2.38. The van der Waals surface area contributed by atoms with E-state index in [1.54, 1.807) is 11.8 Å². The molecule has 166 valence electrons. The van der Waals surface area contributed by atoms with Crippen molar-refractivity contribution in [2.24, 2.45) is 5.73 Å². The molecule has 1 heterocycles. The number of ether oxygens (including phenoxy) is 1. The average Bonchev–Trinajstić information content (AvgIpc) is 3.13. The van der Waals surface area contributed by atoms with Crippen molar-refractivity contribution in [2.75, 3.05) is 30.9 Å². The number of rotatable bonds is 12. The highest BCUT2D eigenvalue weighted by atomic mass is 32.2. The maximum Gasteiger partial charge on any atom is 0.326 e. The van der Waals surface area contributed by atoms with Crippen molar-refractivity contribution in [3.05, 3.63) is 42.5 Å². The van der Waals surface area contributed by atoms with Crippen LogP contribution in [-0.2, 0) is 9.59 Å². The van der Waals surface area contributed by atoms with Gasteiger partial charge in [-0.05, 0) is 30.6 Å². The number of carbonyl (C=O) groups is 2. The van der Waals surface area contributed by atoms with E-state index in [2.05, 4.69) is 17.9 Å². The van der Waals surface area contributed by atoms with E-state index in [9.17, 15) is 14.7 Å². The van der Waals surface area contributed by atoms with Crippen molar-refractivity contribution in [1.29, 1.82) is 0 Å². The van der Waals surface area contributed by atoms with Crippen LogP contribution in [0.4, 0.5) is 0 Å². The summed E-state index contributed by atoms with van der Waals surface area (Å²) >= 11 is 5.72. The zero-order valence-electron chi connectivity index (χ0n) is 17.1. The van der Waals surface area contributed by atoms with Gasteiger partial charge in [0.2, 0.25) is 5.91 Å². The van der Waals surface area contributed by atoms with Crippen LogP contribution in [0.15, 0.2) is 42.5 Å². The molecule has 4 N–H and O–H groups in total. The molecule has 0 bridgehead atoms. The molecule has 0 aromatic heterocycles. The summed E-state index contributed by atoms with van der Waals surface area (Å²) in [5, 5.41) is 12.1. The smallest absolute Gasteiger partial charge is 0.326 e. The molecule has 4 atom stereocenters. The maximum atomic E-state index is 12.9. The number of hydrogen-bond acceptors (Lipinski definition) is 7. The molecule has 0 saturated carbocycles. The predicted molar refractivity (Wildman–Crippen MR) is 124 cm³/mol. The fraction of sp³-hybridized carbons (Fsp3) is 0.524. The Kier molecular flexibility index (Phi) is 10.6. The van der Waals surface area contributed by atoms with Gasteiger partial charge in [0, 0.05) is 31.3 Å². The largest absolute Gasteiger partial charge is 0.489 e. The van der Waals surface area contributed by atoms with Crippen LogP contribution in [0.25, 0.3) is 0 Å². The minimum absolute atomic E-state index is 0.150. The van der Waals surface area contributed by atoms with E-state index in [-0.39, 0.29) is 18.1 Å². The Morgan fingerprint density at radius 2 is 2.17 bits per heavy atom. The predicted octanol–water partition coefficient (Wildman–Crippen LogP) is 1.64. The summed E-state index contributed by atoms with van der Waals surface area (Å²) in [7, 11) is 0. The van der Waals surface area contributed by atoms with E-state index in [1.807, 2.05) is 53.6 Å². The van der Waals surface area contributed by atoms with Gasteiger partial charge >= 0.3 is 5.97 Å². The van der Waals surface area contributed by atoms with Gasteiger partial charge in [0.05, 0.1) is 6.04 Å². The fourth-order valence-electron chi connectivity index (χ4n) is 3.31. The molecule has 2 rings (SSSR count). The standard InChI is InChI=1S/C21H31N3O4S2/c1-30-11-9-18(21(26)27)23-20(25)19-12-17(28-16-7-3-2-4-8-16)13-24(19)10-5-6-15(22)14-29/h2-8,15,17-19,29H,9-14,22H2,1H3,(H,23,25)(H,26,27)/b6-5+/t15-,17+,18-,19+/m1/s1. The Labute approximate surface area is 187 Å². The minimum atomic E-state index is -1.02. The van der Waals surface area contributed by atoms with Crippen molar-refractivity contribution in [2.45, 2.75) is 37.1 Å². The summed E-state index contributed by atoms with van der Waals surface area (Å²) in [4.78, 5) is 26.5. The van der Waals surface area contributed by atoms with Crippen LogP contribution in [0, 0.1) is 0 Å². The third-order valence-corrected chi connectivity index (χ3v) is 5.94. The first-order valence-electron chi connectivity index (χ1n) is 9.95. The molecule has 0 aliphatic carbocycles. The van der Waals surface area contributed by atoms with Crippen LogP contribution >= 0.6 is 24.4 Å². The normalized spacial score (nSPS) is 21.4. The highest BCUT2D eigenvalue weighted by Crippen LogP contribution is 2.23. The van der Waals surface area contributed by atoms with E-state index in [0.29, 0.717) is 37.4 Å². The molecule has 0 unspecified atom stereocenters. The van der Waals surface area contributed by atoms with Gasteiger partial charge in [0.1, 0.15) is 17.9 Å². The molecule has 0 spiro atoms. The van der Waals surface area contributed by atoms with Crippen molar-refractivity contribution in [3.8, 4) is 5.75 Å². The molecule has 1 amide bonds. The Morgan fingerprint density at radius 1 is 1.43 bits per heavy atom. The first-order chi connectivity index (χ1) is 14.4. The summed E-state index contributed by atoms with van der Waals surface area (Å²) in [5.41, 5.74) is 5.87. The topological polar surface area (TPSA) is 105 Å². The van der Waals surface area contributed by atoms with Crippen molar-refractivity contribution in [1.82, 2.24) is 10.2 Å². The molecule has 1 aliphatic rings. The lowest BCUT2D eigenvalue weighted by Gasteiger charge is -2.24. The SMILES string of the molecule is CSCC[C@@H](NC(=O)[C@@H]1C[C@H](Oc2ccccc2)CN1C/C=C/[C@@H](N)CS)C(=O)O. The zero-order chi connectivity index (χ0) is 21.9. The number of nitrogens with one attached hydrogen (secondary N) is 1. The van der Waals surface area contributed by atoms with Crippen LogP contribution < -0.4 is 15.8 Å². The molecular weight excluding hydrogens is 422 g/mol. The number of aliphatic carboxylic acids is 1. The van der Waals surface area contributed by atoms with E-state index in [0.717, 1.165) is 5.75 Å². The van der Waals surface area contributed by atoms with Gasteiger partial charge in [-0.25, -0.2) is 4.79 Å². The van der Waals surface area contributed by atoms with Crippen LogP contribution in [0.1, 0.15) is 12.8 Å². The van der Waals surface area contributed by atoms with Gasteiger partial charge in [-0.3, -0.25) is 9.69 Å². The second kappa shape index (κ2) is 12.9. The van der Waals surface area contributed by atoms with Gasteiger partial charge in [-0.2, -0.15) is 24.4 Å². The highest BCUT2D eigenvalue weighted by molar-refractivity contribution is 7.98. The second-order valence-electron chi connectivity index (χ2n) is 7.21. The van der Waals surface area contributed by atoms with Crippen LogP contribution in [0.5, 0.6) is 5.75 Å². The fourth-order valence-corrected chi connectivity index (χ4v) is 3.90. The van der Waals surface area contributed by atoms with E-state index < -0.39 is 18.1 Å². The lowest BCUT2D eigenvalue weighted by Crippen LogP contribution is -2.49. The molecule has 30 heavy (non-hydrogen) atoms. The number of nitrogens with two attached hydrogens (primary N) is 1. The quantitative estimate of drug-likeness (QED) is 0.282. The molecular formula is C21H31N3O4S2. The number of carboxylic acid groups (broad SMARTS) is 1. The number of amides is 1. The van der Waals surface area contributed by atoms with Crippen LogP contribution in [-0.4, -0.2) is 77.0 Å². The van der Waals surface area contributed by atoms with Gasteiger partial charge < -0.3 is 20.9 Å². The molecule has 1 aliphatic heterocycles. The van der Waals surface area contributed by atoms with Crippen LogP contribution in [0.2, 0.25) is 0 Å². The number of carboxylic acids is 1. The van der Waals surface area contributed by atoms with E-state index in [1.165, 1.54) is 0 Å². The lowest BCUT2D eigenvalue weighted by molar-refractivity contribution is -0.142. The number of thioether (sulfide) groups is 1. The number of carbonyl (C=O) groups excluding carboxylic acids is 1. The Bertz CT molecular complexity index is 705. The molecule has 1 aromatic carbocycles. The van der Waals surface area contributed by atoms with Crippen molar-refractivity contribution in [3.63, 3.8) is 0 Å².